The van der Waals surface area contributed by atoms with Crippen LogP contribution in [0.15, 0.2) is 72.8 Å². The van der Waals surface area contributed by atoms with Crippen molar-refractivity contribution in [1.82, 2.24) is 4.57 Å². The molecule has 5 rings (SSSR count). The van der Waals surface area contributed by atoms with Crippen molar-refractivity contribution in [2.75, 3.05) is 14.2 Å². The molecule has 3 nitrogen and oxygen atoms in total. The Morgan fingerprint density at radius 1 is 0.793 bits per heavy atom. The van der Waals surface area contributed by atoms with Gasteiger partial charge in [-0.25, -0.2) is 0 Å². The van der Waals surface area contributed by atoms with E-state index in [2.05, 4.69) is 84.4 Å². The first-order valence-corrected chi connectivity index (χ1v) is 9.86. The topological polar surface area (TPSA) is 23.4 Å². The summed E-state index contributed by atoms with van der Waals surface area (Å²) in [7, 11) is 3.46. The maximum Gasteiger partial charge on any atom is 0.132 e. The van der Waals surface area contributed by atoms with E-state index in [0.29, 0.717) is 0 Å². The van der Waals surface area contributed by atoms with Crippen LogP contribution in [-0.2, 0) is 0 Å². The molecule has 1 aliphatic heterocycles. The molecule has 3 heteroatoms. The molecule has 3 aromatic carbocycles. The number of allylic oxidation sites excluding steroid dienone is 1. The maximum absolute atomic E-state index is 5.88. The first-order valence-electron chi connectivity index (χ1n) is 9.86. The molecule has 0 N–H and O–H groups in total. The van der Waals surface area contributed by atoms with E-state index in [1.54, 1.807) is 14.2 Å². The average Bonchev–Trinajstić information content (AvgIpc) is 3.13. The predicted molar refractivity (Wildman–Crippen MR) is 120 cm³/mol. The first-order chi connectivity index (χ1) is 14.2. The highest BCUT2D eigenvalue weighted by Gasteiger charge is 2.29. The zero-order valence-corrected chi connectivity index (χ0v) is 16.8. The molecule has 144 valence electrons. The van der Waals surface area contributed by atoms with Crippen molar-refractivity contribution in [2.24, 2.45) is 0 Å². The number of methoxy groups -OCH3 is 2. The van der Waals surface area contributed by atoms with Crippen molar-refractivity contribution in [3.05, 3.63) is 78.4 Å². The average molecular weight is 381 g/mol. The van der Waals surface area contributed by atoms with Gasteiger partial charge in [-0.15, -0.1) is 0 Å². The SMILES string of the molecule is COc1cc(OC)c2c(-c3ccccc3)c(-c3ccccc3)n3c2c1C(C)C=C3. The van der Waals surface area contributed by atoms with E-state index in [1.807, 2.05) is 6.07 Å². The zero-order valence-electron chi connectivity index (χ0n) is 16.8. The Balaban J connectivity index is 2.03. The first kappa shape index (κ1) is 17.6. The van der Waals surface area contributed by atoms with Gasteiger partial charge in [0.15, 0.2) is 0 Å². The summed E-state index contributed by atoms with van der Waals surface area (Å²) >= 11 is 0. The second-order valence-corrected chi connectivity index (χ2v) is 7.37. The quantitative estimate of drug-likeness (QED) is 0.398. The molecule has 2 heterocycles. The Bertz CT molecular complexity index is 1220. The van der Waals surface area contributed by atoms with Gasteiger partial charge in [0.2, 0.25) is 0 Å². The Kier molecular flexibility index (Phi) is 4.17. The lowest BCUT2D eigenvalue weighted by Gasteiger charge is -2.21. The van der Waals surface area contributed by atoms with Gasteiger partial charge in [0.1, 0.15) is 11.5 Å². The predicted octanol–water partition coefficient (Wildman–Crippen LogP) is 6.58. The maximum atomic E-state index is 5.88. The van der Waals surface area contributed by atoms with Crippen LogP contribution in [0.1, 0.15) is 18.4 Å². The van der Waals surface area contributed by atoms with Gasteiger partial charge in [0.05, 0.1) is 30.8 Å². The smallest absolute Gasteiger partial charge is 0.132 e. The molecule has 29 heavy (non-hydrogen) atoms. The van der Waals surface area contributed by atoms with Crippen LogP contribution in [0.5, 0.6) is 11.5 Å². The number of ether oxygens (including phenoxy) is 2. The van der Waals surface area contributed by atoms with Gasteiger partial charge in [-0.1, -0.05) is 73.7 Å². The largest absolute Gasteiger partial charge is 0.496 e. The Hall–Kier alpha value is -3.46. The molecule has 0 amide bonds. The van der Waals surface area contributed by atoms with Gasteiger partial charge in [-0.3, -0.25) is 0 Å². The molecule has 0 saturated heterocycles. The minimum Gasteiger partial charge on any atom is -0.496 e. The van der Waals surface area contributed by atoms with Gasteiger partial charge >= 0.3 is 0 Å². The van der Waals surface area contributed by atoms with E-state index in [4.69, 9.17) is 9.47 Å². The molecule has 0 radical (unpaired) electrons. The third-order valence-corrected chi connectivity index (χ3v) is 5.76. The molecule has 1 atom stereocenters. The number of rotatable bonds is 4. The molecular weight excluding hydrogens is 358 g/mol. The van der Waals surface area contributed by atoms with Gasteiger partial charge in [-0.05, 0) is 11.1 Å². The lowest BCUT2D eigenvalue weighted by atomic mass is 9.93. The summed E-state index contributed by atoms with van der Waals surface area (Å²) in [4.78, 5) is 0. The van der Waals surface area contributed by atoms with Crippen LogP contribution in [0.3, 0.4) is 0 Å². The van der Waals surface area contributed by atoms with E-state index in [9.17, 15) is 0 Å². The number of nitrogens with zero attached hydrogens (tertiary/aromatic N) is 1. The number of hydrogen-bond acceptors (Lipinski definition) is 2. The number of benzene rings is 3. The van der Waals surface area contributed by atoms with Crippen LogP contribution in [0.25, 0.3) is 39.5 Å². The van der Waals surface area contributed by atoms with Crippen molar-refractivity contribution in [3.8, 4) is 33.9 Å². The molecule has 0 spiro atoms. The zero-order chi connectivity index (χ0) is 20.0. The van der Waals surface area contributed by atoms with Crippen molar-refractivity contribution >= 4 is 17.1 Å². The number of hydrogen-bond donors (Lipinski definition) is 0. The summed E-state index contributed by atoms with van der Waals surface area (Å²) in [6.45, 7) is 2.21. The highest BCUT2D eigenvalue weighted by Crippen LogP contribution is 2.51. The Morgan fingerprint density at radius 2 is 1.41 bits per heavy atom. The third kappa shape index (κ3) is 2.58. The normalized spacial score (nSPS) is 14.9. The van der Waals surface area contributed by atoms with Crippen LogP contribution in [0.4, 0.5) is 0 Å². The Labute approximate surface area is 170 Å². The third-order valence-electron chi connectivity index (χ3n) is 5.76. The van der Waals surface area contributed by atoms with Crippen LogP contribution in [-0.4, -0.2) is 18.8 Å². The van der Waals surface area contributed by atoms with E-state index in [-0.39, 0.29) is 5.92 Å². The van der Waals surface area contributed by atoms with Crippen LogP contribution < -0.4 is 9.47 Å². The highest BCUT2D eigenvalue weighted by atomic mass is 16.5. The van der Waals surface area contributed by atoms with Crippen molar-refractivity contribution in [1.29, 1.82) is 0 Å². The fourth-order valence-electron chi connectivity index (χ4n) is 4.48. The lowest BCUT2D eigenvalue weighted by molar-refractivity contribution is 0.394. The monoisotopic (exact) mass is 381 g/mol. The van der Waals surface area contributed by atoms with Crippen LogP contribution >= 0.6 is 0 Å². The van der Waals surface area contributed by atoms with Gasteiger partial charge < -0.3 is 14.0 Å². The van der Waals surface area contributed by atoms with Crippen LogP contribution in [0, 0.1) is 0 Å². The second-order valence-electron chi connectivity index (χ2n) is 7.37. The molecule has 0 fully saturated rings. The summed E-state index contributed by atoms with van der Waals surface area (Å²) in [5.74, 6) is 1.95. The summed E-state index contributed by atoms with van der Waals surface area (Å²) in [6.07, 6.45) is 4.42. The van der Waals surface area contributed by atoms with Gasteiger partial charge in [-0.2, -0.15) is 0 Å². The fraction of sp³-hybridized carbons (Fsp3) is 0.154. The van der Waals surface area contributed by atoms with E-state index in [0.717, 1.165) is 22.4 Å². The highest BCUT2D eigenvalue weighted by molar-refractivity contribution is 6.11. The minimum absolute atomic E-state index is 0.257. The fourth-order valence-corrected chi connectivity index (χ4v) is 4.48. The van der Waals surface area contributed by atoms with E-state index < -0.39 is 0 Å². The van der Waals surface area contributed by atoms with Crippen LogP contribution in [0.2, 0.25) is 0 Å². The lowest BCUT2D eigenvalue weighted by Crippen LogP contribution is -2.05. The molecule has 1 aromatic heterocycles. The molecule has 0 bridgehead atoms. The summed E-state index contributed by atoms with van der Waals surface area (Å²) in [5.41, 5.74) is 7.06. The Morgan fingerprint density at radius 3 is 2.03 bits per heavy atom. The van der Waals surface area contributed by atoms with E-state index >= 15 is 0 Å². The van der Waals surface area contributed by atoms with E-state index in [1.165, 1.54) is 27.9 Å². The number of aromatic nitrogens is 1. The second kappa shape index (κ2) is 6.85. The standard InChI is InChI=1S/C26H23NO2/c1-17-14-15-27-25(19-12-8-5-9-13-19)23(18-10-6-4-7-11-18)24-21(29-3)16-20(28-2)22(17)26(24)27/h4-17H,1-3H3. The molecule has 0 aliphatic carbocycles. The minimum atomic E-state index is 0.257. The van der Waals surface area contributed by atoms with Gasteiger partial charge in [0, 0.05) is 29.3 Å². The van der Waals surface area contributed by atoms with Crippen molar-refractivity contribution in [3.63, 3.8) is 0 Å². The molecular formula is C26H23NO2. The summed E-state index contributed by atoms with van der Waals surface area (Å²) < 4.78 is 14.0. The summed E-state index contributed by atoms with van der Waals surface area (Å²) in [5, 5.41) is 1.13. The van der Waals surface area contributed by atoms with Crippen molar-refractivity contribution in [2.45, 2.75) is 12.8 Å². The summed E-state index contributed by atoms with van der Waals surface area (Å²) in [6, 6.07) is 23.1. The molecule has 4 aromatic rings. The van der Waals surface area contributed by atoms with Gasteiger partial charge in [0.25, 0.3) is 0 Å². The molecule has 1 unspecified atom stereocenters. The molecule has 0 saturated carbocycles. The van der Waals surface area contributed by atoms with Crippen molar-refractivity contribution < 1.29 is 9.47 Å². The molecule has 1 aliphatic rings.